The molecule has 7 nitrogen and oxygen atoms in total. The van der Waals surface area contributed by atoms with Crippen molar-refractivity contribution in [1.29, 1.82) is 0 Å². The van der Waals surface area contributed by atoms with E-state index in [0.29, 0.717) is 48.3 Å². The molecule has 1 fully saturated rings. The molecule has 4 rings (SSSR count). The minimum Gasteiger partial charge on any atom is -0.341 e. The van der Waals surface area contributed by atoms with Crippen molar-refractivity contribution < 1.29 is 13.2 Å². The molecule has 0 aliphatic carbocycles. The number of rotatable bonds is 3. The summed E-state index contributed by atoms with van der Waals surface area (Å²) < 4.78 is 28.8. The van der Waals surface area contributed by atoms with E-state index in [9.17, 15) is 13.2 Å². The fourth-order valence-electron chi connectivity index (χ4n) is 3.58. The first-order valence-electron chi connectivity index (χ1n) is 9.39. The largest absolute Gasteiger partial charge is 0.341 e. The lowest BCUT2D eigenvalue weighted by Gasteiger charge is -2.24. The number of sulfonamides is 1. The molecule has 1 saturated heterocycles. The van der Waals surface area contributed by atoms with Crippen LogP contribution >= 0.6 is 11.6 Å². The Labute approximate surface area is 175 Å². The van der Waals surface area contributed by atoms with Crippen molar-refractivity contribution in [1.82, 2.24) is 9.80 Å². The van der Waals surface area contributed by atoms with Crippen LogP contribution in [0, 0.1) is 0 Å². The Hall–Kier alpha value is -2.42. The summed E-state index contributed by atoms with van der Waals surface area (Å²) in [5.74, 6) is 0.359. The minimum atomic E-state index is -3.69. The van der Waals surface area contributed by atoms with Gasteiger partial charge in [0.25, 0.3) is 15.9 Å². The van der Waals surface area contributed by atoms with Gasteiger partial charge in [-0.3, -0.25) is 9.69 Å². The van der Waals surface area contributed by atoms with Gasteiger partial charge >= 0.3 is 0 Å². The van der Waals surface area contributed by atoms with Crippen molar-refractivity contribution in [2.75, 3.05) is 38.0 Å². The van der Waals surface area contributed by atoms with Crippen LogP contribution in [-0.2, 0) is 10.0 Å². The number of carbonyl (C=O) groups excluding carboxylic acids is 1. The molecule has 0 unspecified atom stereocenters. The van der Waals surface area contributed by atoms with Gasteiger partial charge in [0, 0.05) is 36.8 Å². The number of carbonyl (C=O) groups is 1. The molecule has 0 aromatic heterocycles. The van der Waals surface area contributed by atoms with Gasteiger partial charge < -0.3 is 10.2 Å². The second-order valence-corrected chi connectivity index (χ2v) is 9.08. The van der Waals surface area contributed by atoms with Crippen molar-refractivity contribution in [2.45, 2.75) is 11.3 Å². The second kappa shape index (κ2) is 8.14. The summed E-state index contributed by atoms with van der Waals surface area (Å²) in [6.45, 7) is 2.97. The van der Waals surface area contributed by atoms with Crippen LogP contribution in [0.4, 0.5) is 5.69 Å². The predicted molar refractivity (Wildman–Crippen MR) is 113 cm³/mol. The lowest BCUT2D eigenvalue weighted by atomic mass is 10.2. The van der Waals surface area contributed by atoms with Gasteiger partial charge in [-0.25, -0.2) is 0 Å². The quantitative estimate of drug-likeness (QED) is 0.806. The number of hydrogen-bond donors (Lipinski definition) is 1. The standard InChI is InChI=1S/C20H21ClN4O3S/c21-16-6-3-5-15(13-16)20(26)25-10-4-9-24(11-12-25)14-19-22-17-7-1-2-8-18(17)29(27,28)23-19/h1-3,5-8,13H,4,9-12,14H2,(H,22,23). The van der Waals surface area contributed by atoms with Crippen LogP contribution in [0.1, 0.15) is 16.8 Å². The molecule has 0 spiro atoms. The Balaban J connectivity index is 1.42. The van der Waals surface area contributed by atoms with Gasteiger partial charge in [0.2, 0.25) is 0 Å². The van der Waals surface area contributed by atoms with Gasteiger partial charge in [0.15, 0.2) is 0 Å². The number of anilines is 1. The molecule has 152 valence electrons. The summed E-state index contributed by atoms with van der Waals surface area (Å²) in [7, 11) is -3.69. The smallest absolute Gasteiger partial charge is 0.286 e. The second-order valence-electron chi connectivity index (χ2n) is 7.07. The maximum absolute atomic E-state index is 12.8. The Bertz CT molecular complexity index is 1070. The Kier molecular flexibility index (Phi) is 5.58. The van der Waals surface area contributed by atoms with Crippen molar-refractivity contribution in [2.24, 2.45) is 4.40 Å². The highest BCUT2D eigenvalue weighted by Crippen LogP contribution is 2.26. The zero-order valence-corrected chi connectivity index (χ0v) is 17.3. The van der Waals surface area contributed by atoms with Crippen LogP contribution in [0.25, 0.3) is 0 Å². The summed E-state index contributed by atoms with van der Waals surface area (Å²) in [6.07, 6.45) is 0.795. The number of nitrogens with one attached hydrogen (secondary N) is 1. The lowest BCUT2D eigenvalue weighted by molar-refractivity contribution is 0.0762. The monoisotopic (exact) mass is 432 g/mol. The first-order chi connectivity index (χ1) is 13.9. The lowest BCUT2D eigenvalue weighted by Crippen LogP contribution is -2.39. The molecule has 2 aliphatic rings. The summed E-state index contributed by atoms with van der Waals surface area (Å²) in [4.78, 5) is 16.9. The normalized spacial score (nSPS) is 18.9. The molecule has 2 aromatic carbocycles. The zero-order valence-electron chi connectivity index (χ0n) is 15.7. The summed E-state index contributed by atoms with van der Waals surface area (Å²) in [6, 6.07) is 13.7. The summed E-state index contributed by atoms with van der Waals surface area (Å²) in [5.41, 5.74) is 1.12. The van der Waals surface area contributed by atoms with Crippen LogP contribution in [0.3, 0.4) is 0 Å². The van der Waals surface area contributed by atoms with E-state index in [4.69, 9.17) is 11.6 Å². The SMILES string of the molecule is O=C(c1cccc(Cl)c1)N1CCCN(CC2=NS(=O)(=O)c3ccccc3N2)CC1. The molecule has 0 saturated carbocycles. The van der Waals surface area contributed by atoms with E-state index < -0.39 is 10.0 Å². The fraction of sp³-hybridized carbons (Fsp3) is 0.300. The maximum Gasteiger partial charge on any atom is 0.286 e. The van der Waals surface area contributed by atoms with E-state index in [2.05, 4.69) is 14.6 Å². The Morgan fingerprint density at radius 2 is 1.90 bits per heavy atom. The molecule has 29 heavy (non-hydrogen) atoms. The van der Waals surface area contributed by atoms with E-state index in [0.717, 1.165) is 13.0 Å². The fourth-order valence-corrected chi connectivity index (χ4v) is 4.91. The number of nitrogens with zero attached hydrogens (tertiary/aromatic N) is 3. The molecule has 0 radical (unpaired) electrons. The van der Waals surface area contributed by atoms with Gasteiger partial charge in [-0.15, -0.1) is 4.40 Å². The number of amides is 1. The average molecular weight is 433 g/mol. The van der Waals surface area contributed by atoms with Crippen LogP contribution in [0.15, 0.2) is 57.8 Å². The maximum atomic E-state index is 12.8. The van der Waals surface area contributed by atoms with Crippen LogP contribution in [0.5, 0.6) is 0 Å². The highest BCUT2D eigenvalue weighted by atomic mass is 35.5. The molecule has 1 N–H and O–H groups in total. The molecule has 0 bridgehead atoms. The van der Waals surface area contributed by atoms with E-state index in [1.165, 1.54) is 0 Å². The topological polar surface area (TPSA) is 82.1 Å². The third-order valence-electron chi connectivity index (χ3n) is 4.99. The van der Waals surface area contributed by atoms with E-state index in [1.54, 1.807) is 48.5 Å². The molecule has 2 heterocycles. The molecular weight excluding hydrogens is 412 g/mol. The zero-order chi connectivity index (χ0) is 20.4. The number of halogens is 1. The number of para-hydroxylation sites is 1. The molecule has 1 amide bonds. The molecule has 9 heteroatoms. The van der Waals surface area contributed by atoms with Crippen molar-refractivity contribution in [3.05, 3.63) is 59.1 Å². The van der Waals surface area contributed by atoms with Crippen LogP contribution in [-0.4, -0.2) is 62.7 Å². The van der Waals surface area contributed by atoms with E-state index in [-0.39, 0.29) is 10.8 Å². The minimum absolute atomic E-state index is 0.0426. The number of fused-ring (bicyclic) bond motifs is 1. The number of hydrogen-bond acceptors (Lipinski definition) is 5. The Morgan fingerprint density at radius 3 is 2.72 bits per heavy atom. The molecule has 0 atom stereocenters. The molecular formula is C20H21ClN4O3S. The number of amidine groups is 1. The van der Waals surface area contributed by atoms with Gasteiger partial charge in [-0.1, -0.05) is 29.8 Å². The van der Waals surface area contributed by atoms with Crippen molar-refractivity contribution >= 4 is 39.1 Å². The van der Waals surface area contributed by atoms with E-state index >= 15 is 0 Å². The van der Waals surface area contributed by atoms with Gasteiger partial charge in [-0.05, 0) is 36.8 Å². The molecule has 2 aromatic rings. The Morgan fingerprint density at radius 1 is 1.07 bits per heavy atom. The molecule has 2 aliphatic heterocycles. The first-order valence-corrected chi connectivity index (χ1v) is 11.2. The van der Waals surface area contributed by atoms with Crippen LogP contribution < -0.4 is 5.32 Å². The first kappa shape index (κ1) is 19.9. The summed E-state index contributed by atoms with van der Waals surface area (Å²) >= 11 is 6.00. The van der Waals surface area contributed by atoms with E-state index in [1.807, 2.05) is 4.90 Å². The predicted octanol–water partition coefficient (Wildman–Crippen LogP) is 2.70. The van der Waals surface area contributed by atoms with Crippen molar-refractivity contribution in [3.63, 3.8) is 0 Å². The number of benzene rings is 2. The highest BCUT2D eigenvalue weighted by Gasteiger charge is 2.26. The highest BCUT2D eigenvalue weighted by molar-refractivity contribution is 7.90. The van der Waals surface area contributed by atoms with Gasteiger partial charge in [0.1, 0.15) is 10.7 Å². The van der Waals surface area contributed by atoms with Crippen molar-refractivity contribution in [3.8, 4) is 0 Å². The van der Waals surface area contributed by atoms with Gasteiger partial charge in [0.05, 0.1) is 12.2 Å². The van der Waals surface area contributed by atoms with Gasteiger partial charge in [-0.2, -0.15) is 8.42 Å². The third-order valence-corrected chi connectivity index (χ3v) is 6.60. The average Bonchev–Trinajstić information content (AvgIpc) is 2.92. The third kappa shape index (κ3) is 4.44. The summed E-state index contributed by atoms with van der Waals surface area (Å²) in [5, 5.41) is 3.66. The van der Waals surface area contributed by atoms with Crippen LogP contribution in [0.2, 0.25) is 5.02 Å².